The van der Waals surface area contributed by atoms with Crippen molar-refractivity contribution in [1.82, 2.24) is 10.2 Å². The first-order valence-electron chi connectivity index (χ1n) is 7.76. The fourth-order valence-corrected chi connectivity index (χ4v) is 2.95. The number of rotatable bonds is 4. The molecular weight excluding hydrogens is 421 g/mol. The van der Waals surface area contributed by atoms with Gasteiger partial charge in [-0.05, 0) is 12.0 Å². The second-order valence-electron chi connectivity index (χ2n) is 5.72. The fourth-order valence-electron chi connectivity index (χ4n) is 2.95. The molecule has 1 aliphatic rings. The summed E-state index contributed by atoms with van der Waals surface area (Å²) in [6.07, 6.45) is 0. The van der Waals surface area contributed by atoms with E-state index in [1.54, 1.807) is 14.2 Å². The molecule has 0 aromatic heterocycles. The Balaban J connectivity index is 0.00000288. The Morgan fingerprint density at radius 3 is 2.67 bits per heavy atom. The molecule has 0 spiro atoms. The average Bonchev–Trinajstić information content (AvgIpc) is 2.96. The number of esters is 1. The van der Waals surface area contributed by atoms with E-state index in [0.717, 1.165) is 23.8 Å². The molecule has 24 heavy (non-hydrogen) atoms. The molecule has 2 rings (SSSR count). The van der Waals surface area contributed by atoms with Crippen molar-refractivity contribution in [3.05, 3.63) is 29.8 Å². The molecule has 1 N–H and O–H groups in total. The number of halogens is 1. The molecule has 1 heterocycles. The van der Waals surface area contributed by atoms with Crippen LogP contribution in [0.4, 0.5) is 0 Å². The molecule has 6 nitrogen and oxygen atoms in total. The number of aliphatic imine (C=N–C) groups is 1. The van der Waals surface area contributed by atoms with E-state index in [1.165, 1.54) is 7.11 Å². The molecule has 1 aliphatic heterocycles. The Kier molecular flexibility index (Phi) is 8.30. The number of hydrogen-bond acceptors (Lipinski definition) is 4. The van der Waals surface area contributed by atoms with Gasteiger partial charge in [0.05, 0.1) is 20.1 Å². The van der Waals surface area contributed by atoms with Crippen LogP contribution < -0.4 is 10.1 Å². The van der Waals surface area contributed by atoms with Crippen molar-refractivity contribution in [1.29, 1.82) is 0 Å². The van der Waals surface area contributed by atoms with Gasteiger partial charge in [-0.25, -0.2) is 0 Å². The number of hydrogen-bond donors (Lipinski definition) is 1. The summed E-state index contributed by atoms with van der Waals surface area (Å²) >= 11 is 0. The first-order chi connectivity index (χ1) is 11.1. The minimum atomic E-state index is -0.153. The predicted molar refractivity (Wildman–Crippen MR) is 105 cm³/mol. The van der Waals surface area contributed by atoms with E-state index in [1.807, 2.05) is 24.3 Å². The van der Waals surface area contributed by atoms with Gasteiger partial charge in [-0.1, -0.05) is 25.1 Å². The van der Waals surface area contributed by atoms with E-state index in [4.69, 9.17) is 9.47 Å². The van der Waals surface area contributed by atoms with Crippen molar-refractivity contribution >= 4 is 35.9 Å². The molecule has 0 radical (unpaired) electrons. The van der Waals surface area contributed by atoms with Gasteiger partial charge in [0.2, 0.25) is 0 Å². The van der Waals surface area contributed by atoms with Crippen LogP contribution in [0.2, 0.25) is 0 Å². The van der Waals surface area contributed by atoms with Crippen LogP contribution in [0.3, 0.4) is 0 Å². The quantitative estimate of drug-likeness (QED) is 0.332. The van der Waals surface area contributed by atoms with E-state index >= 15 is 0 Å². The zero-order valence-corrected chi connectivity index (χ0v) is 16.9. The Morgan fingerprint density at radius 2 is 2.04 bits per heavy atom. The molecule has 1 aromatic carbocycles. The number of guanidine groups is 1. The Hall–Kier alpha value is -1.51. The minimum Gasteiger partial charge on any atom is -0.496 e. The summed E-state index contributed by atoms with van der Waals surface area (Å²) in [6, 6.07) is 7.88. The number of nitrogens with one attached hydrogen (secondary N) is 1. The Labute approximate surface area is 160 Å². The summed E-state index contributed by atoms with van der Waals surface area (Å²) in [6.45, 7) is 4.09. The van der Waals surface area contributed by atoms with Crippen LogP contribution in [0.5, 0.6) is 5.75 Å². The van der Waals surface area contributed by atoms with Gasteiger partial charge in [0.15, 0.2) is 5.96 Å². The summed E-state index contributed by atoms with van der Waals surface area (Å²) in [4.78, 5) is 18.3. The highest BCUT2D eigenvalue weighted by Crippen LogP contribution is 2.24. The SMILES string of the molecule is CN=C(NCc1ccccc1OC)N1CC(C)C(C(=O)OC)C1.I. The predicted octanol–water partition coefficient (Wildman–Crippen LogP) is 2.13. The second-order valence-corrected chi connectivity index (χ2v) is 5.72. The molecule has 0 amide bonds. The van der Waals surface area contributed by atoms with Crippen LogP contribution in [0.25, 0.3) is 0 Å². The van der Waals surface area contributed by atoms with E-state index in [2.05, 4.69) is 22.1 Å². The monoisotopic (exact) mass is 447 g/mol. The highest BCUT2D eigenvalue weighted by molar-refractivity contribution is 14.0. The topological polar surface area (TPSA) is 63.2 Å². The summed E-state index contributed by atoms with van der Waals surface area (Å²) in [5, 5.41) is 3.34. The molecule has 1 fully saturated rings. The molecule has 1 saturated heterocycles. The fraction of sp³-hybridized carbons (Fsp3) is 0.529. The lowest BCUT2D eigenvalue weighted by Crippen LogP contribution is -2.40. The molecule has 1 aromatic rings. The van der Waals surface area contributed by atoms with E-state index in [9.17, 15) is 4.79 Å². The van der Waals surface area contributed by atoms with Gasteiger partial charge in [0, 0.05) is 32.2 Å². The van der Waals surface area contributed by atoms with Crippen molar-refractivity contribution in [3.8, 4) is 5.75 Å². The maximum Gasteiger partial charge on any atom is 0.310 e. The largest absolute Gasteiger partial charge is 0.496 e. The molecule has 0 bridgehead atoms. The lowest BCUT2D eigenvalue weighted by atomic mass is 9.99. The van der Waals surface area contributed by atoms with Crippen LogP contribution in [-0.2, 0) is 16.1 Å². The van der Waals surface area contributed by atoms with Crippen LogP contribution >= 0.6 is 24.0 Å². The summed E-state index contributed by atoms with van der Waals surface area (Å²) < 4.78 is 10.2. The number of para-hydroxylation sites is 1. The normalized spacial score (nSPS) is 20.3. The van der Waals surface area contributed by atoms with Crippen molar-refractivity contribution < 1.29 is 14.3 Å². The highest BCUT2D eigenvalue weighted by Gasteiger charge is 2.36. The van der Waals surface area contributed by atoms with Gasteiger partial charge in [-0.15, -0.1) is 24.0 Å². The molecule has 2 atom stereocenters. The number of ether oxygens (including phenoxy) is 2. The minimum absolute atomic E-state index is 0. The van der Waals surface area contributed by atoms with E-state index in [-0.39, 0.29) is 41.8 Å². The number of carbonyl (C=O) groups excluding carboxylic acids is 1. The summed E-state index contributed by atoms with van der Waals surface area (Å²) in [5.41, 5.74) is 1.06. The van der Waals surface area contributed by atoms with Crippen molar-refractivity contribution in [2.24, 2.45) is 16.8 Å². The summed E-state index contributed by atoms with van der Waals surface area (Å²) in [5.74, 6) is 1.61. The van der Waals surface area contributed by atoms with Crippen LogP contribution in [-0.4, -0.2) is 51.2 Å². The van der Waals surface area contributed by atoms with E-state index < -0.39 is 0 Å². The first kappa shape index (κ1) is 20.5. The van der Waals surface area contributed by atoms with Gasteiger partial charge in [-0.3, -0.25) is 9.79 Å². The van der Waals surface area contributed by atoms with Crippen LogP contribution in [0.15, 0.2) is 29.3 Å². The number of nitrogens with zero attached hydrogens (tertiary/aromatic N) is 2. The first-order valence-corrected chi connectivity index (χ1v) is 7.76. The third-order valence-corrected chi connectivity index (χ3v) is 4.26. The molecule has 0 saturated carbocycles. The van der Waals surface area contributed by atoms with Crippen molar-refractivity contribution in [2.75, 3.05) is 34.4 Å². The van der Waals surface area contributed by atoms with Crippen LogP contribution in [0, 0.1) is 11.8 Å². The zero-order chi connectivity index (χ0) is 16.8. The number of methoxy groups -OCH3 is 2. The number of benzene rings is 1. The third kappa shape index (κ3) is 4.75. The molecule has 0 aliphatic carbocycles. The standard InChI is InChI=1S/C17H25N3O3.HI/c1-12-10-20(11-14(12)16(21)23-4)17(18-2)19-9-13-7-5-6-8-15(13)22-3;/h5-8,12,14H,9-11H2,1-4H3,(H,18,19);1H. The maximum atomic E-state index is 11.8. The van der Waals surface area contributed by atoms with Gasteiger partial charge >= 0.3 is 5.97 Å². The lowest BCUT2D eigenvalue weighted by Gasteiger charge is -2.22. The average molecular weight is 447 g/mol. The Bertz CT molecular complexity index is 580. The Morgan fingerprint density at radius 1 is 1.33 bits per heavy atom. The van der Waals surface area contributed by atoms with Crippen molar-refractivity contribution in [3.63, 3.8) is 0 Å². The molecule has 134 valence electrons. The van der Waals surface area contributed by atoms with Gasteiger partial charge in [0.25, 0.3) is 0 Å². The zero-order valence-electron chi connectivity index (χ0n) is 14.6. The molecule has 7 heteroatoms. The van der Waals surface area contributed by atoms with Gasteiger partial charge in [0.1, 0.15) is 5.75 Å². The highest BCUT2D eigenvalue weighted by atomic mass is 127. The van der Waals surface area contributed by atoms with Crippen LogP contribution in [0.1, 0.15) is 12.5 Å². The maximum absolute atomic E-state index is 11.8. The summed E-state index contributed by atoms with van der Waals surface area (Å²) in [7, 11) is 4.85. The van der Waals surface area contributed by atoms with E-state index in [0.29, 0.717) is 13.1 Å². The third-order valence-electron chi connectivity index (χ3n) is 4.26. The lowest BCUT2D eigenvalue weighted by molar-refractivity contribution is -0.145. The second kappa shape index (κ2) is 9.71. The molecule has 2 unspecified atom stereocenters. The number of likely N-dealkylation sites (tertiary alicyclic amines) is 1. The van der Waals surface area contributed by atoms with Gasteiger partial charge in [-0.2, -0.15) is 0 Å². The molecular formula is C17H26IN3O3. The van der Waals surface area contributed by atoms with Crippen molar-refractivity contribution in [2.45, 2.75) is 13.5 Å². The van der Waals surface area contributed by atoms with Gasteiger partial charge < -0.3 is 19.7 Å². The smallest absolute Gasteiger partial charge is 0.310 e. The number of carbonyl (C=O) groups is 1.